The molecule has 0 aliphatic rings. The zero-order valence-electron chi connectivity index (χ0n) is 14.7. The fourth-order valence-corrected chi connectivity index (χ4v) is 3.01. The molecule has 0 N–H and O–H groups in total. The summed E-state index contributed by atoms with van der Waals surface area (Å²) in [6, 6.07) is 8.88. The highest BCUT2D eigenvalue weighted by atomic mass is 14.2. The van der Waals surface area contributed by atoms with Gasteiger partial charge in [-0.25, -0.2) is 0 Å². The number of rotatable bonds is 2. The molecule has 0 radical (unpaired) electrons. The van der Waals surface area contributed by atoms with E-state index < -0.39 is 0 Å². The molecular formula is C20H32. The van der Waals surface area contributed by atoms with Crippen LogP contribution in [0.4, 0.5) is 0 Å². The molecule has 0 spiro atoms. The van der Waals surface area contributed by atoms with E-state index in [2.05, 4.69) is 79.7 Å². The van der Waals surface area contributed by atoms with Gasteiger partial charge in [-0.3, -0.25) is 0 Å². The predicted octanol–water partition coefficient (Wildman–Crippen LogP) is 4.90. The Labute approximate surface area is 125 Å². The summed E-state index contributed by atoms with van der Waals surface area (Å²) < 4.78 is 0. The second kappa shape index (κ2) is 6.16. The van der Waals surface area contributed by atoms with Crippen LogP contribution >= 0.6 is 0 Å². The summed E-state index contributed by atoms with van der Waals surface area (Å²) in [5, 5.41) is 2.87. The Hall–Kier alpha value is -1.04. The molecule has 0 fully saturated rings. The molecule has 0 saturated carbocycles. The highest BCUT2D eigenvalue weighted by Gasteiger charge is 2.13. The molecule has 1 rings (SSSR count). The first kappa shape index (κ1) is 17.0. The van der Waals surface area contributed by atoms with Gasteiger partial charge in [-0.15, -0.1) is 0 Å². The van der Waals surface area contributed by atoms with Crippen molar-refractivity contribution in [1.29, 1.82) is 0 Å². The van der Waals surface area contributed by atoms with Gasteiger partial charge in [-0.1, -0.05) is 77.0 Å². The van der Waals surface area contributed by atoms with Crippen molar-refractivity contribution in [3.05, 3.63) is 34.7 Å². The van der Waals surface area contributed by atoms with Gasteiger partial charge in [0, 0.05) is 0 Å². The van der Waals surface area contributed by atoms with Crippen LogP contribution in [0.3, 0.4) is 0 Å². The number of hydrogen-bond donors (Lipinski definition) is 0. The van der Waals surface area contributed by atoms with E-state index in [0.717, 1.165) is 12.8 Å². The van der Waals surface area contributed by atoms with Crippen LogP contribution in [0.5, 0.6) is 0 Å². The smallest absolute Gasteiger partial charge is 0.0195 e. The lowest BCUT2D eigenvalue weighted by Crippen LogP contribution is -2.30. The lowest BCUT2D eigenvalue weighted by molar-refractivity contribution is 0.423. The summed E-state index contributed by atoms with van der Waals surface area (Å²) in [5.41, 5.74) is 3.69. The van der Waals surface area contributed by atoms with Crippen molar-refractivity contribution in [2.45, 2.75) is 68.2 Å². The molecule has 0 amide bonds. The Balaban J connectivity index is 3.45. The van der Waals surface area contributed by atoms with Crippen LogP contribution in [0.15, 0.2) is 24.3 Å². The molecule has 0 aromatic heterocycles. The zero-order chi connectivity index (χ0) is 15.6. The SMILES string of the molecule is CC(CC(C)(C)C)=c1ccccc1=C(C)CC(C)(C)C. The number of hydrogen-bond acceptors (Lipinski definition) is 0. The van der Waals surface area contributed by atoms with E-state index in [1.54, 1.807) is 0 Å². The van der Waals surface area contributed by atoms with E-state index >= 15 is 0 Å². The third kappa shape index (κ3) is 5.53. The van der Waals surface area contributed by atoms with Crippen LogP contribution in [0, 0.1) is 10.8 Å². The molecule has 0 heterocycles. The van der Waals surface area contributed by atoms with Crippen molar-refractivity contribution in [2.75, 3.05) is 0 Å². The van der Waals surface area contributed by atoms with Crippen LogP contribution in [0.2, 0.25) is 0 Å². The van der Waals surface area contributed by atoms with E-state index in [4.69, 9.17) is 0 Å². The molecule has 0 aliphatic heterocycles. The van der Waals surface area contributed by atoms with Gasteiger partial charge in [0.1, 0.15) is 0 Å². The second-order valence-electron chi connectivity index (χ2n) is 8.58. The molecule has 0 heteroatoms. The van der Waals surface area contributed by atoms with Gasteiger partial charge < -0.3 is 0 Å². The van der Waals surface area contributed by atoms with Gasteiger partial charge in [0.15, 0.2) is 0 Å². The Morgan fingerprint density at radius 2 is 1.00 bits per heavy atom. The Morgan fingerprint density at radius 1 is 0.700 bits per heavy atom. The minimum Gasteiger partial charge on any atom is -0.0650 e. The first-order valence-electron chi connectivity index (χ1n) is 7.74. The minimum absolute atomic E-state index is 0.342. The van der Waals surface area contributed by atoms with E-state index in [1.807, 2.05) is 0 Å². The Bertz CT molecular complexity index is 506. The first-order chi connectivity index (χ1) is 8.99. The molecule has 20 heavy (non-hydrogen) atoms. The van der Waals surface area contributed by atoms with Crippen molar-refractivity contribution in [3.8, 4) is 0 Å². The van der Waals surface area contributed by atoms with Crippen molar-refractivity contribution in [3.63, 3.8) is 0 Å². The second-order valence-corrected chi connectivity index (χ2v) is 8.58. The van der Waals surface area contributed by atoms with Gasteiger partial charge in [0.25, 0.3) is 0 Å². The third-order valence-corrected chi connectivity index (χ3v) is 3.44. The summed E-state index contributed by atoms with van der Waals surface area (Å²) in [7, 11) is 0. The topological polar surface area (TPSA) is 0 Å². The van der Waals surface area contributed by atoms with E-state index in [1.165, 1.54) is 21.6 Å². The molecule has 112 valence electrons. The van der Waals surface area contributed by atoms with Crippen LogP contribution in [0.1, 0.15) is 68.2 Å². The Kier molecular flexibility index (Phi) is 5.24. The van der Waals surface area contributed by atoms with Crippen LogP contribution in [0.25, 0.3) is 11.1 Å². The molecule has 0 bridgehead atoms. The summed E-state index contributed by atoms with van der Waals surface area (Å²) in [5.74, 6) is 0. The average molecular weight is 272 g/mol. The lowest BCUT2D eigenvalue weighted by atomic mass is 9.85. The van der Waals surface area contributed by atoms with Crippen LogP contribution < -0.4 is 10.4 Å². The van der Waals surface area contributed by atoms with Crippen molar-refractivity contribution >= 4 is 11.1 Å². The monoisotopic (exact) mass is 272 g/mol. The third-order valence-electron chi connectivity index (χ3n) is 3.44. The molecule has 0 atom stereocenters. The lowest BCUT2D eigenvalue weighted by Gasteiger charge is -2.20. The van der Waals surface area contributed by atoms with Crippen LogP contribution in [-0.4, -0.2) is 0 Å². The van der Waals surface area contributed by atoms with Gasteiger partial charge in [-0.05, 0) is 48.0 Å². The fraction of sp³-hybridized carbons (Fsp3) is 0.600. The fourth-order valence-electron chi connectivity index (χ4n) is 3.01. The van der Waals surface area contributed by atoms with Gasteiger partial charge in [0.05, 0.1) is 0 Å². The maximum Gasteiger partial charge on any atom is -0.0195 e. The standard InChI is InChI=1S/C20H32/c1-15(13-19(3,4)5)17-11-9-10-12-18(17)16(2)14-20(6,7)8/h9-12H,13-14H2,1-8H3. The van der Waals surface area contributed by atoms with E-state index in [-0.39, 0.29) is 0 Å². The molecular weight excluding hydrogens is 240 g/mol. The number of benzene rings is 1. The summed E-state index contributed by atoms with van der Waals surface area (Å²) in [4.78, 5) is 0. The average Bonchev–Trinajstić information content (AvgIpc) is 2.24. The van der Waals surface area contributed by atoms with E-state index in [0.29, 0.717) is 10.8 Å². The molecule has 0 aliphatic carbocycles. The summed E-state index contributed by atoms with van der Waals surface area (Å²) >= 11 is 0. The Morgan fingerprint density at radius 3 is 1.25 bits per heavy atom. The predicted molar refractivity (Wildman–Crippen MR) is 92.0 cm³/mol. The molecule has 0 saturated heterocycles. The van der Waals surface area contributed by atoms with E-state index in [9.17, 15) is 0 Å². The maximum absolute atomic E-state index is 2.31. The first-order valence-corrected chi connectivity index (χ1v) is 7.74. The van der Waals surface area contributed by atoms with Gasteiger partial charge in [-0.2, -0.15) is 0 Å². The van der Waals surface area contributed by atoms with Crippen LogP contribution in [-0.2, 0) is 0 Å². The normalized spacial score (nSPS) is 16.0. The van der Waals surface area contributed by atoms with Crippen molar-refractivity contribution < 1.29 is 0 Å². The highest BCUT2D eigenvalue weighted by molar-refractivity contribution is 5.49. The maximum atomic E-state index is 2.31. The van der Waals surface area contributed by atoms with Crippen molar-refractivity contribution in [1.82, 2.24) is 0 Å². The molecule has 1 aromatic carbocycles. The van der Waals surface area contributed by atoms with Gasteiger partial charge >= 0.3 is 0 Å². The van der Waals surface area contributed by atoms with Gasteiger partial charge in [0.2, 0.25) is 0 Å². The largest absolute Gasteiger partial charge is 0.0650 e. The molecule has 0 nitrogen and oxygen atoms in total. The van der Waals surface area contributed by atoms with Crippen molar-refractivity contribution in [2.24, 2.45) is 10.8 Å². The molecule has 0 unspecified atom stereocenters. The quantitative estimate of drug-likeness (QED) is 0.718. The molecule has 1 aromatic rings. The highest BCUT2D eigenvalue weighted by Crippen LogP contribution is 2.24. The summed E-state index contributed by atoms with van der Waals surface area (Å²) in [6.07, 6.45) is 2.29. The zero-order valence-corrected chi connectivity index (χ0v) is 14.7. The summed E-state index contributed by atoms with van der Waals surface area (Å²) in [6.45, 7) is 18.4. The minimum atomic E-state index is 0.342.